The molecule has 7 nitrogen and oxygen atoms in total. The number of carbonyl (C=O) groups is 2. The number of rotatable bonds is 8. The molecule has 3 rings (SSSR count). The summed E-state index contributed by atoms with van der Waals surface area (Å²) < 4.78 is 16.3. The minimum atomic E-state index is -0.307. The van der Waals surface area contributed by atoms with Crippen molar-refractivity contribution in [2.24, 2.45) is 0 Å². The van der Waals surface area contributed by atoms with E-state index in [4.69, 9.17) is 14.2 Å². The molecule has 1 fully saturated rings. The number of amides is 2. The summed E-state index contributed by atoms with van der Waals surface area (Å²) in [4.78, 5) is 24.8. The molecule has 2 amide bonds. The van der Waals surface area contributed by atoms with Gasteiger partial charge in [-0.1, -0.05) is 17.7 Å². The van der Waals surface area contributed by atoms with E-state index in [0.717, 1.165) is 29.7 Å². The van der Waals surface area contributed by atoms with E-state index in [1.165, 1.54) is 0 Å². The first kappa shape index (κ1) is 22.6. The van der Waals surface area contributed by atoms with Gasteiger partial charge in [-0.15, -0.1) is 0 Å². The average Bonchev–Trinajstić information content (AvgIpc) is 2.81. The number of benzene rings is 2. The van der Waals surface area contributed by atoms with Crippen molar-refractivity contribution in [1.29, 1.82) is 0 Å². The molecular weight excluding hydrogens is 396 g/mol. The first-order chi connectivity index (χ1) is 15.0. The van der Waals surface area contributed by atoms with E-state index in [-0.39, 0.29) is 23.8 Å². The Morgan fingerprint density at radius 3 is 2.35 bits per heavy atom. The lowest BCUT2D eigenvalue weighted by Gasteiger charge is -2.38. The van der Waals surface area contributed by atoms with Crippen LogP contribution in [-0.2, 0) is 14.9 Å². The predicted octanol–water partition coefficient (Wildman–Crippen LogP) is 2.61. The number of aryl methyl sites for hydroxylation is 1. The van der Waals surface area contributed by atoms with Crippen molar-refractivity contribution in [1.82, 2.24) is 10.6 Å². The van der Waals surface area contributed by atoms with Crippen LogP contribution in [0.2, 0.25) is 0 Å². The molecule has 1 saturated heterocycles. The maximum atomic E-state index is 12.5. The van der Waals surface area contributed by atoms with Crippen LogP contribution in [0.1, 0.15) is 34.3 Å². The van der Waals surface area contributed by atoms with Crippen LogP contribution in [-0.4, -0.2) is 52.3 Å². The Labute approximate surface area is 183 Å². The number of hydrogen-bond donors (Lipinski definition) is 2. The lowest BCUT2D eigenvalue weighted by Crippen LogP contribution is -2.47. The van der Waals surface area contributed by atoms with E-state index in [2.05, 4.69) is 16.7 Å². The molecule has 0 unspecified atom stereocenters. The van der Waals surface area contributed by atoms with Gasteiger partial charge in [0.05, 0.1) is 20.8 Å². The first-order valence-electron chi connectivity index (χ1n) is 10.4. The average molecular weight is 427 g/mol. The number of methoxy groups -OCH3 is 2. The second-order valence-electron chi connectivity index (χ2n) is 7.78. The van der Waals surface area contributed by atoms with Gasteiger partial charge < -0.3 is 24.8 Å². The minimum absolute atomic E-state index is 0.0948. The fourth-order valence-corrected chi connectivity index (χ4v) is 3.88. The molecule has 0 saturated carbocycles. The molecule has 7 heteroatoms. The van der Waals surface area contributed by atoms with Crippen LogP contribution in [0.25, 0.3) is 0 Å². The standard InChI is InChI=1S/C24H30N2O5/c1-17-4-9-21(30-3)20(14-17)24(10-12-31-13-11-24)16-26-22(27)15-25-23(28)18-5-7-19(29-2)8-6-18/h4-9,14H,10-13,15-16H2,1-3H3,(H,25,28)(H,26,27). The van der Waals surface area contributed by atoms with Gasteiger partial charge in [0, 0.05) is 36.3 Å². The van der Waals surface area contributed by atoms with E-state index < -0.39 is 0 Å². The summed E-state index contributed by atoms with van der Waals surface area (Å²) in [6, 6.07) is 12.8. The van der Waals surface area contributed by atoms with Crippen LogP contribution in [0, 0.1) is 6.92 Å². The van der Waals surface area contributed by atoms with E-state index in [1.54, 1.807) is 38.5 Å². The smallest absolute Gasteiger partial charge is 0.251 e. The van der Waals surface area contributed by atoms with Crippen molar-refractivity contribution in [2.45, 2.75) is 25.2 Å². The van der Waals surface area contributed by atoms with Gasteiger partial charge in [0.2, 0.25) is 5.91 Å². The zero-order valence-electron chi connectivity index (χ0n) is 18.3. The quantitative estimate of drug-likeness (QED) is 0.678. The normalized spacial score (nSPS) is 15.1. The van der Waals surface area contributed by atoms with Gasteiger partial charge in [0.25, 0.3) is 5.91 Å². The van der Waals surface area contributed by atoms with Gasteiger partial charge in [0.1, 0.15) is 11.5 Å². The lowest BCUT2D eigenvalue weighted by atomic mass is 9.73. The third-order valence-corrected chi connectivity index (χ3v) is 5.76. The van der Waals surface area contributed by atoms with Crippen molar-refractivity contribution < 1.29 is 23.8 Å². The molecule has 2 aromatic rings. The molecule has 166 valence electrons. The number of carbonyl (C=O) groups excluding carboxylic acids is 2. The predicted molar refractivity (Wildman–Crippen MR) is 118 cm³/mol. The summed E-state index contributed by atoms with van der Waals surface area (Å²) in [6.45, 7) is 3.65. The fourth-order valence-electron chi connectivity index (χ4n) is 3.88. The van der Waals surface area contributed by atoms with E-state index in [1.807, 2.05) is 19.1 Å². The van der Waals surface area contributed by atoms with Crippen LogP contribution in [0.15, 0.2) is 42.5 Å². The molecule has 31 heavy (non-hydrogen) atoms. The molecule has 1 aliphatic heterocycles. The molecule has 2 aromatic carbocycles. The Morgan fingerprint density at radius 1 is 1.00 bits per heavy atom. The number of ether oxygens (including phenoxy) is 3. The van der Waals surface area contributed by atoms with Gasteiger partial charge in [-0.25, -0.2) is 0 Å². The van der Waals surface area contributed by atoms with Gasteiger partial charge in [-0.3, -0.25) is 9.59 Å². The Hall–Kier alpha value is -3.06. The molecule has 0 spiro atoms. The van der Waals surface area contributed by atoms with Crippen molar-refractivity contribution in [2.75, 3.05) is 40.5 Å². The first-order valence-corrected chi connectivity index (χ1v) is 10.4. The maximum absolute atomic E-state index is 12.5. The third-order valence-electron chi connectivity index (χ3n) is 5.76. The summed E-state index contributed by atoms with van der Waals surface area (Å²) in [5.41, 5.74) is 2.42. The van der Waals surface area contributed by atoms with E-state index >= 15 is 0 Å². The minimum Gasteiger partial charge on any atom is -0.497 e. The molecule has 1 heterocycles. The summed E-state index contributed by atoms with van der Waals surface area (Å²) in [7, 11) is 3.23. The van der Waals surface area contributed by atoms with Gasteiger partial charge in [0.15, 0.2) is 0 Å². The summed E-state index contributed by atoms with van der Waals surface area (Å²) in [5.74, 6) is 0.940. The number of nitrogens with one attached hydrogen (secondary N) is 2. The van der Waals surface area contributed by atoms with Gasteiger partial charge in [-0.05, 0) is 50.1 Å². The van der Waals surface area contributed by atoms with E-state index in [9.17, 15) is 9.59 Å². The van der Waals surface area contributed by atoms with Crippen LogP contribution in [0.5, 0.6) is 11.5 Å². The van der Waals surface area contributed by atoms with Gasteiger partial charge >= 0.3 is 0 Å². The maximum Gasteiger partial charge on any atom is 0.251 e. The Kier molecular flexibility index (Phi) is 7.52. The zero-order valence-corrected chi connectivity index (χ0v) is 18.3. The number of hydrogen-bond acceptors (Lipinski definition) is 5. The van der Waals surface area contributed by atoms with Crippen LogP contribution in [0.4, 0.5) is 0 Å². The molecule has 0 aromatic heterocycles. The van der Waals surface area contributed by atoms with Crippen LogP contribution in [0.3, 0.4) is 0 Å². The summed E-state index contributed by atoms with van der Waals surface area (Å²) in [5, 5.41) is 5.67. The highest BCUT2D eigenvalue weighted by molar-refractivity contribution is 5.96. The SMILES string of the molecule is COc1ccc(C(=O)NCC(=O)NCC2(c3cc(C)ccc3OC)CCOCC2)cc1. The Morgan fingerprint density at radius 2 is 1.71 bits per heavy atom. The molecule has 0 atom stereocenters. The molecule has 1 aliphatic rings. The van der Waals surface area contributed by atoms with Crippen LogP contribution >= 0.6 is 0 Å². The highest BCUT2D eigenvalue weighted by Crippen LogP contribution is 2.40. The van der Waals surface area contributed by atoms with E-state index in [0.29, 0.717) is 31.1 Å². The molecule has 0 bridgehead atoms. The van der Waals surface area contributed by atoms with Crippen LogP contribution < -0.4 is 20.1 Å². The molecule has 0 radical (unpaired) electrons. The van der Waals surface area contributed by atoms with Crippen molar-refractivity contribution in [3.8, 4) is 11.5 Å². The zero-order chi connectivity index (χ0) is 22.3. The second-order valence-corrected chi connectivity index (χ2v) is 7.78. The monoisotopic (exact) mass is 426 g/mol. The topological polar surface area (TPSA) is 85.9 Å². The summed E-state index contributed by atoms with van der Waals surface area (Å²) >= 11 is 0. The van der Waals surface area contributed by atoms with Crippen molar-refractivity contribution in [3.05, 3.63) is 59.2 Å². The largest absolute Gasteiger partial charge is 0.497 e. The highest BCUT2D eigenvalue weighted by Gasteiger charge is 2.37. The summed E-state index contributed by atoms with van der Waals surface area (Å²) in [6.07, 6.45) is 1.57. The molecule has 0 aliphatic carbocycles. The van der Waals surface area contributed by atoms with Crippen molar-refractivity contribution >= 4 is 11.8 Å². The Balaban J connectivity index is 1.63. The molecular formula is C24H30N2O5. The Bertz CT molecular complexity index is 905. The van der Waals surface area contributed by atoms with Crippen molar-refractivity contribution in [3.63, 3.8) is 0 Å². The second kappa shape index (κ2) is 10.3. The fraction of sp³-hybridized carbons (Fsp3) is 0.417. The van der Waals surface area contributed by atoms with Gasteiger partial charge in [-0.2, -0.15) is 0 Å². The third kappa shape index (κ3) is 5.55. The molecule has 2 N–H and O–H groups in total. The highest BCUT2D eigenvalue weighted by atomic mass is 16.5. The lowest BCUT2D eigenvalue weighted by molar-refractivity contribution is -0.120.